The Balaban J connectivity index is 1.74. The zero-order valence-electron chi connectivity index (χ0n) is 22.4. The van der Waals surface area contributed by atoms with E-state index >= 15 is 0 Å². The first kappa shape index (κ1) is 26.1. The largest absolute Gasteiger partial charge is 0.496 e. The van der Waals surface area contributed by atoms with Gasteiger partial charge in [-0.05, 0) is 37.1 Å². The molecule has 2 heterocycles. The molecule has 0 saturated carbocycles. The predicted molar refractivity (Wildman–Crippen MR) is 147 cm³/mol. The van der Waals surface area contributed by atoms with Gasteiger partial charge in [-0.1, -0.05) is 42.5 Å². The van der Waals surface area contributed by atoms with Crippen LogP contribution in [-0.2, 0) is 20.7 Å². The van der Waals surface area contributed by atoms with Gasteiger partial charge in [-0.25, -0.2) is 4.98 Å². The molecule has 0 N–H and O–H groups in total. The highest BCUT2D eigenvalue weighted by Crippen LogP contribution is 2.47. The highest BCUT2D eigenvalue weighted by molar-refractivity contribution is 6.08. The van der Waals surface area contributed by atoms with Crippen molar-refractivity contribution < 1.29 is 28.5 Å². The van der Waals surface area contributed by atoms with Crippen molar-refractivity contribution >= 4 is 28.9 Å². The Kier molecular flexibility index (Phi) is 7.40. The number of para-hydroxylation sites is 2. The van der Waals surface area contributed by atoms with Crippen LogP contribution >= 0.6 is 0 Å². The minimum atomic E-state index is -1.18. The molecule has 0 spiro atoms. The van der Waals surface area contributed by atoms with E-state index in [-0.39, 0.29) is 12.5 Å². The van der Waals surface area contributed by atoms with E-state index in [0.29, 0.717) is 47.2 Å². The Bertz CT molecular complexity index is 1500. The van der Waals surface area contributed by atoms with Crippen molar-refractivity contribution in [3.05, 3.63) is 77.9 Å². The van der Waals surface area contributed by atoms with Crippen LogP contribution in [0.25, 0.3) is 11.0 Å². The molecule has 0 bridgehead atoms. The SMILES string of the molecule is CCOC(=O)C1C(=O)N(CCc2ccccc2)c2nc3ccccc3n2C1c1cc(OC)c(OC)cc1OC. The summed E-state index contributed by atoms with van der Waals surface area (Å²) in [5, 5.41) is 0. The second kappa shape index (κ2) is 11.1. The number of methoxy groups -OCH3 is 3. The zero-order valence-corrected chi connectivity index (χ0v) is 22.4. The number of nitrogens with zero attached hydrogens (tertiary/aromatic N) is 3. The minimum absolute atomic E-state index is 0.139. The van der Waals surface area contributed by atoms with Gasteiger partial charge in [0.25, 0.3) is 0 Å². The van der Waals surface area contributed by atoms with Crippen molar-refractivity contribution in [3.8, 4) is 17.2 Å². The molecule has 5 rings (SSSR count). The first-order chi connectivity index (χ1) is 19.0. The summed E-state index contributed by atoms with van der Waals surface area (Å²) in [6, 6.07) is 20.2. The average Bonchev–Trinajstić information content (AvgIpc) is 3.35. The molecule has 9 nitrogen and oxygen atoms in total. The molecule has 2 unspecified atom stereocenters. The fourth-order valence-electron chi connectivity index (χ4n) is 5.21. The smallest absolute Gasteiger partial charge is 0.321 e. The lowest BCUT2D eigenvalue weighted by atomic mass is 9.88. The Morgan fingerprint density at radius 2 is 1.56 bits per heavy atom. The maximum Gasteiger partial charge on any atom is 0.321 e. The Morgan fingerprint density at radius 3 is 2.26 bits per heavy atom. The summed E-state index contributed by atoms with van der Waals surface area (Å²) < 4.78 is 24.2. The van der Waals surface area contributed by atoms with E-state index in [1.54, 1.807) is 24.0 Å². The number of imidazole rings is 1. The first-order valence-electron chi connectivity index (χ1n) is 12.8. The van der Waals surface area contributed by atoms with Crippen molar-refractivity contribution in [2.24, 2.45) is 5.92 Å². The maximum absolute atomic E-state index is 14.2. The van der Waals surface area contributed by atoms with Gasteiger partial charge < -0.3 is 23.5 Å². The van der Waals surface area contributed by atoms with Gasteiger partial charge >= 0.3 is 5.97 Å². The Labute approximate surface area is 226 Å². The van der Waals surface area contributed by atoms with Gasteiger partial charge in [0, 0.05) is 18.2 Å². The van der Waals surface area contributed by atoms with Crippen molar-refractivity contribution in [2.45, 2.75) is 19.4 Å². The van der Waals surface area contributed by atoms with Crippen LogP contribution in [0.2, 0.25) is 0 Å². The van der Waals surface area contributed by atoms with Crippen LogP contribution in [0.15, 0.2) is 66.7 Å². The summed E-state index contributed by atoms with van der Waals surface area (Å²) in [5.74, 6) is -0.362. The second-order valence-electron chi connectivity index (χ2n) is 9.12. The van der Waals surface area contributed by atoms with Crippen LogP contribution in [0.5, 0.6) is 17.2 Å². The lowest BCUT2D eigenvalue weighted by Gasteiger charge is -2.38. The van der Waals surface area contributed by atoms with Gasteiger partial charge in [0.1, 0.15) is 5.75 Å². The van der Waals surface area contributed by atoms with E-state index in [1.165, 1.54) is 21.3 Å². The quantitative estimate of drug-likeness (QED) is 0.234. The molecule has 1 amide bonds. The number of hydrogen-bond acceptors (Lipinski definition) is 7. The lowest BCUT2D eigenvalue weighted by molar-refractivity contribution is -0.153. The molecule has 0 aliphatic carbocycles. The molecular weight excluding hydrogens is 498 g/mol. The van der Waals surface area contributed by atoms with Crippen LogP contribution in [0.1, 0.15) is 24.1 Å². The van der Waals surface area contributed by atoms with E-state index in [0.717, 1.165) is 11.1 Å². The number of anilines is 1. The summed E-state index contributed by atoms with van der Waals surface area (Å²) in [4.78, 5) is 34.3. The fraction of sp³-hybridized carbons (Fsp3) is 0.300. The summed E-state index contributed by atoms with van der Waals surface area (Å²) in [6.07, 6.45) is 0.593. The number of fused-ring (bicyclic) bond motifs is 3. The number of esters is 1. The van der Waals surface area contributed by atoms with E-state index in [9.17, 15) is 9.59 Å². The molecule has 9 heteroatoms. The van der Waals surface area contributed by atoms with Crippen LogP contribution in [0, 0.1) is 5.92 Å². The second-order valence-corrected chi connectivity index (χ2v) is 9.12. The molecule has 1 aliphatic heterocycles. The monoisotopic (exact) mass is 529 g/mol. The maximum atomic E-state index is 14.2. The highest BCUT2D eigenvalue weighted by Gasteiger charge is 2.49. The molecule has 4 aromatic rings. The molecule has 2 atom stereocenters. The van der Waals surface area contributed by atoms with Crippen LogP contribution < -0.4 is 19.1 Å². The van der Waals surface area contributed by atoms with E-state index in [2.05, 4.69) is 0 Å². The van der Waals surface area contributed by atoms with E-state index in [4.69, 9.17) is 23.9 Å². The van der Waals surface area contributed by atoms with Gasteiger partial charge in [0.05, 0.1) is 45.0 Å². The zero-order chi connectivity index (χ0) is 27.5. The molecule has 202 valence electrons. The molecule has 39 heavy (non-hydrogen) atoms. The normalized spacial score (nSPS) is 16.6. The molecule has 0 saturated heterocycles. The average molecular weight is 530 g/mol. The number of carbonyl (C=O) groups excluding carboxylic acids is 2. The number of hydrogen-bond donors (Lipinski definition) is 0. The summed E-state index contributed by atoms with van der Waals surface area (Å²) >= 11 is 0. The summed E-state index contributed by atoms with van der Waals surface area (Å²) in [7, 11) is 4.61. The minimum Gasteiger partial charge on any atom is -0.496 e. The Morgan fingerprint density at radius 1 is 0.897 bits per heavy atom. The summed E-state index contributed by atoms with van der Waals surface area (Å²) in [5.41, 5.74) is 3.14. The van der Waals surface area contributed by atoms with Crippen molar-refractivity contribution in [1.29, 1.82) is 0 Å². The van der Waals surface area contributed by atoms with Crippen LogP contribution in [0.4, 0.5) is 5.95 Å². The standard InChI is InChI=1S/C30H31N3O6/c1-5-39-29(35)26-27(20-17-24(37-3)25(38-4)18-23(20)36-2)33-22-14-10-9-13-21(22)31-30(33)32(28(26)34)16-15-19-11-7-6-8-12-19/h6-14,17-18,26-27H,5,15-16H2,1-4H3. The number of carbonyl (C=O) groups is 2. The molecule has 1 aliphatic rings. The molecule has 0 fully saturated rings. The topological polar surface area (TPSA) is 92.1 Å². The fourth-order valence-corrected chi connectivity index (χ4v) is 5.21. The van der Waals surface area contributed by atoms with Gasteiger partial charge in [0.15, 0.2) is 17.4 Å². The molecule has 1 aromatic heterocycles. The third-order valence-corrected chi connectivity index (χ3v) is 7.01. The van der Waals surface area contributed by atoms with Gasteiger partial charge in [0.2, 0.25) is 11.9 Å². The lowest BCUT2D eigenvalue weighted by Crippen LogP contribution is -2.50. The first-order valence-corrected chi connectivity index (χ1v) is 12.8. The third-order valence-electron chi connectivity index (χ3n) is 7.01. The van der Waals surface area contributed by atoms with Crippen LogP contribution in [0.3, 0.4) is 0 Å². The molecular formula is C30H31N3O6. The number of rotatable bonds is 9. The number of benzene rings is 3. The van der Waals surface area contributed by atoms with Crippen molar-refractivity contribution in [3.63, 3.8) is 0 Å². The Hall–Kier alpha value is -4.53. The summed E-state index contributed by atoms with van der Waals surface area (Å²) in [6.45, 7) is 2.21. The molecule has 3 aromatic carbocycles. The van der Waals surface area contributed by atoms with Gasteiger partial charge in [-0.2, -0.15) is 0 Å². The van der Waals surface area contributed by atoms with Crippen molar-refractivity contribution in [1.82, 2.24) is 9.55 Å². The van der Waals surface area contributed by atoms with Gasteiger partial charge in [-0.15, -0.1) is 0 Å². The highest BCUT2D eigenvalue weighted by atomic mass is 16.5. The van der Waals surface area contributed by atoms with Gasteiger partial charge in [-0.3, -0.25) is 14.5 Å². The number of aromatic nitrogens is 2. The number of ether oxygens (including phenoxy) is 4. The predicted octanol–water partition coefficient (Wildman–Crippen LogP) is 4.42. The van der Waals surface area contributed by atoms with E-state index < -0.39 is 17.9 Å². The van der Waals surface area contributed by atoms with Crippen molar-refractivity contribution in [2.75, 3.05) is 39.4 Å². The number of amides is 1. The third kappa shape index (κ3) is 4.65. The van der Waals surface area contributed by atoms with E-state index in [1.807, 2.05) is 59.2 Å². The molecule has 0 radical (unpaired) electrons. The van der Waals surface area contributed by atoms with Crippen LogP contribution in [-0.4, -0.2) is 55.9 Å².